The minimum atomic E-state index is -0.421. The number of methoxy groups -OCH3 is 1. The van der Waals surface area contributed by atoms with Gasteiger partial charge in [-0.3, -0.25) is 0 Å². The summed E-state index contributed by atoms with van der Waals surface area (Å²) in [4.78, 5) is 11.2. The van der Waals surface area contributed by atoms with Crippen molar-refractivity contribution in [3.63, 3.8) is 0 Å². The highest BCUT2D eigenvalue weighted by molar-refractivity contribution is 5.82. The van der Waals surface area contributed by atoms with Crippen LogP contribution in [0.2, 0.25) is 0 Å². The second kappa shape index (κ2) is 7.23. The molecule has 0 amide bonds. The Hall–Kier alpha value is -2.43. The van der Waals surface area contributed by atoms with Crippen molar-refractivity contribution in [3.05, 3.63) is 35.9 Å². The Labute approximate surface area is 117 Å². The van der Waals surface area contributed by atoms with Crippen molar-refractivity contribution in [3.8, 4) is 17.2 Å². The lowest BCUT2D eigenvalue weighted by molar-refractivity contribution is -0.141. The molecule has 0 fully saturated rings. The first-order valence-electron chi connectivity index (χ1n) is 6.09. The highest BCUT2D eigenvalue weighted by Crippen LogP contribution is 2.36. The number of hydrogen-bond acceptors (Lipinski definition) is 5. The van der Waals surface area contributed by atoms with E-state index in [1.807, 2.05) is 0 Å². The van der Waals surface area contributed by atoms with Crippen LogP contribution in [-0.2, 0) is 9.53 Å². The maximum absolute atomic E-state index is 11.2. The van der Waals surface area contributed by atoms with E-state index in [-0.39, 0.29) is 23.4 Å². The van der Waals surface area contributed by atoms with Crippen molar-refractivity contribution in [2.45, 2.75) is 20.0 Å². The Kier molecular flexibility index (Phi) is 5.65. The van der Waals surface area contributed by atoms with E-state index < -0.39 is 5.97 Å². The van der Waals surface area contributed by atoms with E-state index in [4.69, 9.17) is 9.47 Å². The molecule has 0 bridgehead atoms. The van der Waals surface area contributed by atoms with Gasteiger partial charge in [0.15, 0.2) is 11.5 Å². The van der Waals surface area contributed by atoms with Crippen LogP contribution in [0.3, 0.4) is 0 Å². The zero-order valence-corrected chi connectivity index (χ0v) is 11.7. The van der Waals surface area contributed by atoms with Crippen molar-refractivity contribution in [2.75, 3.05) is 7.11 Å². The summed E-state index contributed by atoms with van der Waals surface area (Å²) in [5, 5.41) is 19.0. The molecule has 108 valence electrons. The summed E-state index contributed by atoms with van der Waals surface area (Å²) >= 11 is 0. The maximum atomic E-state index is 11.2. The molecule has 1 aromatic carbocycles. The standard InChI is InChI=1S/C15H18O5/c1-10(2)20-14(17)7-5-4-6-11-8-12(16)15(18)13(9-11)19-3/h4-10,16,18H,1-3H3/b6-4+,7-5+. The number of phenolic OH excluding ortho intramolecular Hbond substituents is 2. The average Bonchev–Trinajstić information content (AvgIpc) is 2.37. The largest absolute Gasteiger partial charge is 0.504 e. The summed E-state index contributed by atoms with van der Waals surface area (Å²) in [5.41, 5.74) is 0.624. The monoisotopic (exact) mass is 278 g/mol. The number of aromatic hydroxyl groups is 2. The van der Waals surface area contributed by atoms with E-state index in [0.717, 1.165) is 0 Å². The topological polar surface area (TPSA) is 76.0 Å². The van der Waals surface area contributed by atoms with Crippen LogP contribution in [0, 0.1) is 0 Å². The summed E-state index contributed by atoms with van der Waals surface area (Å²) in [5.74, 6) is -0.823. The lowest BCUT2D eigenvalue weighted by Crippen LogP contribution is -2.08. The molecular formula is C15H18O5. The first-order valence-corrected chi connectivity index (χ1v) is 6.09. The number of ether oxygens (including phenoxy) is 2. The number of phenols is 2. The molecule has 0 saturated carbocycles. The Bertz CT molecular complexity index is 529. The number of esters is 1. The fourth-order valence-corrected chi connectivity index (χ4v) is 1.44. The van der Waals surface area contributed by atoms with Crippen molar-refractivity contribution >= 4 is 12.0 Å². The molecule has 0 spiro atoms. The van der Waals surface area contributed by atoms with Gasteiger partial charge in [-0.1, -0.05) is 18.2 Å². The molecule has 0 radical (unpaired) electrons. The zero-order chi connectivity index (χ0) is 15.1. The van der Waals surface area contributed by atoms with Gasteiger partial charge in [-0.2, -0.15) is 0 Å². The van der Waals surface area contributed by atoms with Crippen LogP contribution in [-0.4, -0.2) is 29.4 Å². The number of rotatable bonds is 5. The highest BCUT2D eigenvalue weighted by Gasteiger charge is 2.07. The van der Waals surface area contributed by atoms with Gasteiger partial charge in [0, 0.05) is 6.08 Å². The SMILES string of the molecule is COc1cc(/C=C/C=C/C(=O)OC(C)C)cc(O)c1O. The molecule has 0 saturated heterocycles. The fourth-order valence-electron chi connectivity index (χ4n) is 1.44. The molecule has 0 aromatic heterocycles. The van der Waals surface area contributed by atoms with E-state index in [1.54, 1.807) is 32.1 Å². The normalized spacial score (nSPS) is 11.4. The maximum Gasteiger partial charge on any atom is 0.330 e. The number of carbonyl (C=O) groups excluding carboxylic acids is 1. The van der Waals surface area contributed by atoms with Gasteiger partial charge in [0.25, 0.3) is 0 Å². The third kappa shape index (κ3) is 4.68. The molecule has 0 aliphatic rings. The average molecular weight is 278 g/mol. The van der Waals surface area contributed by atoms with Crippen LogP contribution in [0.15, 0.2) is 30.4 Å². The Morgan fingerprint density at radius 1 is 1.25 bits per heavy atom. The highest BCUT2D eigenvalue weighted by atomic mass is 16.5. The number of benzene rings is 1. The summed E-state index contributed by atoms with van der Waals surface area (Å²) in [6.45, 7) is 3.54. The van der Waals surface area contributed by atoms with Gasteiger partial charge in [0.2, 0.25) is 5.75 Å². The van der Waals surface area contributed by atoms with E-state index in [9.17, 15) is 15.0 Å². The lowest BCUT2D eigenvalue weighted by atomic mass is 10.1. The summed E-state index contributed by atoms with van der Waals surface area (Å²) in [6.07, 6.45) is 5.94. The molecule has 0 aliphatic carbocycles. The Morgan fingerprint density at radius 2 is 1.95 bits per heavy atom. The zero-order valence-electron chi connectivity index (χ0n) is 11.7. The molecule has 5 nitrogen and oxygen atoms in total. The molecule has 0 heterocycles. The molecular weight excluding hydrogens is 260 g/mol. The summed E-state index contributed by atoms with van der Waals surface area (Å²) in [7, 11) is 1.39. The second-order valence-electron chi connectivity index (χ2n) is 4.29. The quantitative estimate of drug-likeness (QED) is 0.375. The molecule has 0 atom stereocenters. The molecule has 0 aliphatic heterocycles. The number of hydrogen-bond donors (Lipinski definition) is 2. The lowest BCUT2D eigenvalue weighted by Gasteiger charge is -2.06. The first kappa shape index (κ1) is 15.6. The molecule has 20 heavy (non-hydrogen) atoms. The molecule has 1 aromatic rings. The van der Waals surface area contributed by atoms with Gasteiger partial charge in [-0.15, -0.1) is 0 Å². The van der Waals surface area contributed by atoms with Gasteiger partial charge in [0.1, 0.15) is 0 Å². The van der Waals surface area contributed by atoms with Crippen molar-refractivity contribution < 1.29 is 24.5 Å². The summed E-state index contributed by atoms with van der Waals surface area (Å²) in [6, 6.07) is 2.94. The first-order chi connectivity index (χ1) is 9.43. The molecule has 5 heteroatoms. The van der Waals surface area contributed by atoms with Crippen molar-refractivity contribution in [1.29, 1.82) is 0 Å². The van der Waals surface area contributed by atoms with Gasteiger partial charge in [-0.25, -0.2) is 4.79 Å². The Balaban J connectivity index is 2.74. The van der Waals surface area contributed by atoms with E-state index in [1.165, 1.54) is 25.3 Å². The third-order valence-corrected chi connectivity index (χ3v) is 2.28. The van der Waals surface area contributed by atoms with Crippen LogP contribution in [0.1, 0.15) is 19.4 Å². The van der Waals surface area contributed by atoms with E-state index in [2.05, 4.69) is 0 Å². The van der Waals surface area contributed by atoms with Crippen LogP contribution < -0.4 is 4.74 Å². The smallest absolute Gasteiger partial charge is 0.330 e. The fraction of sp³-hybridized carbons (Fsp3) is 0.267. The van der Waals surface area contributed by atoms with Gasteiger partial charge in [0.05, 0.1) is 13.2 Å². The number of allylic oxidation sites excluding steroid dienone is 2. The van der Waals surface area contributed by atoms with Gasteiger partial charge >= 0.3 is 5.97 Å². The van der Waals surface area contributed by atoms with Crippen LogP contribution >= 0.6 is 0 Å². The molecule has 2 N–H and O–H groups in total. The minimum absolute atomic E-state index is 0.158. The van der Waals surface area contributed by atoms with E-state index in [0.29, 0.717) is 5.56 Å². The predicted molar refractivity (Wildman–Crippen MR) is 75.7 cm³/mol. The summed E-state index contributed by atoms with van der Waals surface area (Å²) < 4.78 is 9.84. The van der Waals surface area contributed by atoms with Crippen LogP contribution in [0.5, 0.6) is 17.2 Å². The number of carbonyl (C=O) groups is 1. The molecule has 0 unspecified atom stereocenters. The third-order valence-electron chi connectivity index (χ3n) is 2.28. The Morgan fingerprint density at radius 3 is 2.55 bits per heavy atom. The van der Waals surface area contributed by atoms with Crippen LogP contribution in [0.4, 0.5) is 0 Å². The second-order valence-corrected chi connectivity index (χ2v) is 4.29. The van der Waals surface area contributed by atoms with Crippen LogP contribution in [0.25, 0.3) is 6.08 Å². The van der Waals surface area contributed by atoms with Gasteiger partial charge < -0.3 is 19.7 Å². The predicted octanol–water partition coefficient (Wildman–Crippen LogP) is 2.63. The minimum Gasteiger partial charge on any atom is -0.504 e. The van der Waals surface area contributed by atoms with Crippen molar-refractivity contribution in [1.82, 2.24) is 0 Å². The van der Waals surface area contributed by atoms with Crippen molar-refractivity contribution in [2.24, 2.45) is 0 Å². The van der Waals surface area contributed by atoms with E-state index >= 15 is 0 Å². The molecule has 1 rings (SSSR count). The van der Waals surface area contributed by atoms with Gasteiger partial charge in [-0.05, 0) is 31.5 Å².